The average Bonchev–Trinajstić information content (AvgIpc) is 2.26. The summed E-state index contributed by atoms with van der Waals surface area (Å²) in [4.78, 5) is 17.1. The van der Waals surface area contributed by atoms with Gasteiger partial charge in [-0.15, -0.1) is 0 Å². The minimum absolute atomic E-state index is 0.243. The zero-order chi connectivity index (χ0) is 12.1. The van der Waals surface area contributed by atoms with Crippen LogP contribution in [0.3, 0.4) is 0 Å². The van der Waals surface area contributed by atoms with E-state index in [9.17, 15) is 4.79 Å². The maximum Gasteiger partial charge on any atom is 0.267 e. The molecule has 0 radical (unpaired) electrons. The maximum absolute atomic E-state index is 11.0. The number of anilines is 2. The van der Waals surface area contributed by atoms with Gasteiger partial charge in [0, 0.05) is 13.6 Å². The lowest BCUT2D eigenvalue weighted by molar-refractivity contribution is 0.0995. The van der Waals surface area contributed by atoms with Crippen LogP contribution >= 0.6 is 0 Å². The number of nitrogens with two attached hydrogens (primary N) is 2. The van der Waals surface area contributed by atoms with Gasteiger partial charge in [-0.25, -0.2) is 4.98 Å². The van der Waals surface area contributed by atoms with Gasteiger partial charge < -0.3 is 16.4 Å². The van der Waals surface area contributed by atoms with Crippen LogP contribution in [0.25, 0.3) is 0 Å². The molecule has 1 aromatic rings. The second kappa shape index (κ2) is 5.34. The monoisotopic (exact) mass is 222 g/mol. The lowest BCUT2D eigenvalue weighted by atomic mass is 10.2. The molecule has 0 spiro atoms. The van der Waals surface area contributed by atoms with Crippen LogP contribution in [-0.2, 0) is 0 Å². The smallest absolute Gasteiger partial charge is 0.267 e. The van der Waals surface area contributed by atoms with E-state index in [1.165, 1.54) is 6.07 Å². The normalized spacial score (nSPS) is 10.1. The van der Waals surface area contributed by atoms with Crippen LogP contribution in [0.15, 0.2) is 12.1 Å². The Morgan fingerprint density at radius 2 is 2.19 bits per heavy atom. The molecule has 0 fully saturated rings. The number of amides is 1. The summed E-state index contributed by atoms with van der Waals surface area (Å²) in [6.07, 6.45) is 2.15. The molecule has 4 N–H and O–H groups in total. The van der Waals surface area contributed by atoms with E-state index in [0.717, 1.165) is 19.4 Å². The number of hydrogen-bond donors (Lipinski definition) is 2. The Morgan fingerprint density at radius 3 is 2.75 bits per heavy atom. The number of hydrogen-bond acceptors (Lipinski definition) is 4. The molecule has 0 aliphatic rings. The van der Waals surface area contributed by atoms with Crippen LogP contribution in [-0.4, -0.2) is 24.5 Å². The number of unbranched alkanes of at least 4 members (excludes halogenated alkanes) is 1. The first kappa shape index (κ1) is 12.3. The van der Waals surface area contributed by atoms with Gasteiger partial charge in [-0.1, -0.05) is 13.3 Å². The molecule has 0 aliphatic heterocycles. The fourth-order valence-corrected chi connectivity index (χ4v) is 1.40. The third kappa shape index (κ3) is 2.85. The molecule has 1 rings (SSSR count). The molecule has 1 heterocycles. The van der Waals surface area contributed by atoms with Crippen LogP contribution in [0.2, 0.25) is 0 Å². The molecule has 0 aliphatic carbocycles. The van der Waals surface area contributed by atoms with Crippen molar-refractivity contribution in [1.82, 2.24) is 4.98 Å². The predicted octanol–water partition coefficient (Wildman–Crippen LogP) is 0.999. The average molecular weight is 222 g/mol. The standard InChI is InChI=1S/C11H18N4O/c1-3-4-7-15(2)11-8(12)5-6-9(14-11)10(13)16/h5-6H,3-4,7,12H2,1-2H3,(H2,13,16). The lowest BCUT2D eigenvalue weighted by Gasteiger charge is -2.19. The first-order valence-electron chi connectivity index (χ1n) is 5.33. The van der Waals surface area contributed by atoms with Crippen molar-refractivity contribution in [3.05, 3.63) is 17.8 Å². The summed E-state index contributed by atoms with van der Waals surface area (Å²) in [5, 5.41) is 0. The number of carbonyl (C=O) groups is 1. The van der Waals surface area contributed by atoms with E-state index in [4.69, 9.17) is 11.5 Å². The van der Waals surface area contributed by atoms with Crippen molar-refractivity contribution in [2.24, 2.45) is 5.73 Å². The van der Waals surface area contributed by atoms with E-state index in [1.807, 2.05) is 11.9 Å². The highest BCUT2D eigenvalue weighted by Gasteiger charge is 2.10. The summed E-state index contributed by atoms with van der Waals surface area (Å²) >= 11 is 0. The fraction of sp³-hybridized carbons (Fsp3) is 0.455. The third-order valence-electron chi connectivity index (χ3n) is 2.37. The van der Waals surface area contributed by atoms with Gasteiger partial charge in [-0.2, -0.15) is 0 Å². The molecule has 0 atom stereocenters. The van der Waals surface area contributed by atoms with Gasteiger partial charge in [0.15, 0.2) is 5.82 Å². The molecule has 0 saturated carbocycles. The van der Waals surface area contributed by atoms with Crippen molar-refractivity contribution in [3.63, 3.8) is 0 Å². The number of pyridine rings is 1. The number of carbonyl (C=O) groups excluding carboxylic acids is 1. The van der Waals surface area contributed by atoms with Gasteiger partial charge in [-0.3, -0.25) is 4.79 Å². The Labute approximate surface area is 95.4 Å². The molecule has 5 nitrogen and oxygen atoms in total. The molecule has 1 amide bonds. The van der Waals surface area contributed by atoms with Gasteiger partial charge in [0.1, 0.15) is 5.69 Å². The summed E-state index contributed by atoms with van der Waals surface area (Å²) in [5.41, 5.74) is 11.8. The van der Waals surface area contributed by atoms with Crippen LogP contribution in [0.1, 0.15) is 30.3 Å². The van der Waals surface area contributed by atoms with Crippen molar-refractivity contribution in [3.8, 4) is 0 Å². The molecule has 0 aromatic carbocycles. The molecular formula is C11H18N4O. The van der Waals surface area contributed by atoms with Crippen LogP contribution in [0, 0.1) is 0 Å². The molecule has 16 heavy (non-hydrogen) atoms. The minimum Gasteiger partial charge on any atom is -0.396 e. The first-order valence-corrected chi connectivity index (χ1v) is 5.33. The quantitative estimate of drug-likeness (QED) is 0.778. The summed E-state index contributed by atoms with van der Waals surface area (Å²) in [7, 11) is 1.90. The number of primary amides is 1. The molecule has 88 valence electrons. The second-order valence-electron chi connectivity index (χ2n) is 3.75. The molecule has 0 saturated heterocycles. The summed E-state index contributed by atoms with van der Waals surface area (Å²) in [5.74, 6) is 0.0786. The van der Waals surface area contributed by atoms with Crippen LogP contribution < -0.4 is 16.4 Å². The van der Waals surface area contributed by atoms with Gasteiger partial charge >= 0.3 is 0 Å². The Kier molecular flexibility index (Phi) is 4.10. The Balaban J connectivity index is 2.92. The summed E-state index contributed by atoms with van der Waals surface area (Å²) in [6.45, 7) is 2.97. The maximum atomic E-state index is 11.0. The molecule has 0 bridgehead atoms. The fourth-order valence-electron chi connectivity index (χ4n) is 1.40. The van der Waals surface area contributed by atoms with Crippen molar-refractivity contribution < 1.29 is 4.79 Å². The number of nitrogens with zero attached hydrogens (tertiary/aromatic N) is 2. The largest absolute Gasteiger partial charge is 0.396 e. The van der Waals surface area contributed by atoms with Crippen molar-refractivity contribution in [2.45, 2.75) is 19.8 Å². The second-order valence-corrected chi connectivity index (χ2v) is 3.75. The third-order valence-corrected chi connectivity index (χ3v) is 2.37. The lowest BCUT2D eigenvalue weighted by Crippen LogP contribution is -2.23. The van der Waals surface area contributed by atoms with Gasteiger partial charge in [0.05, 0.1) is 5.69 Å². The summed E-state index contributed by atoms with van der Waals surface area (Å²) in [6, 6.07) is 3.19. The van der Waals surface area contributed by atoms with E-state index >= 15 is 0 Å². The molecule has 5 heteroatoms. The van der Waals surface area contributed by atoms with Gasteiger partial charge in [0.2, 0.25) is 0 Å². The highest BCUT2D eigenvalue weighted by atomic mass is 16.1. The van der Waals surface area contributed by atoms with Gasteiger partial charge in [-0.05, 0) is 18.6 Å². The minimum atomic E-state index is -0.537. The first-order chi connectivity index (χ1) is 7.56. The number of nitrogen functional groups attached to an aromatic ring is 1. The van der Waals surface area contributed by atoms with Crippen LogP contribution in [0.5, 0.6) is 0 Å². The topological polar surface area (TPSA) is 85.2 Å². The van der Waals surface area contributed by atoms with Crippen LogP contribution in [0.4, 0.5) is 11.5 Å². The molecular weight excluding hydrogens is 204 g/mol. The van der Waals surface area contributed by atoms with E-state index in [1.54, 1.807) is 6.07 Å². The zero-order valence-corrected chi connectivity index (χ0v) is 9.73. The van der Waals surface area contributed by atoms with Crippen molar-refractivity contribution in [2.75, 3.05) is 24.2 Å². The highest BCUT2D eigenvalue weighted by molar-refractivity contribution is 5.91. The predicted molar refractivity (Wildman–Crippen MR) is 65.3 cm³/mol. The zero-order valence-electron chi connectivity index (χ0n) is 9.73. The molecule has 0 unspecified atom stereocenters. The van der Waals surface area contributed by atoms with E-state index in [2.05, 4.69) is 11.9 Å². The number of rotatable bonds is 5. The Bertz CT molecular complexity index is 378. The van der Waals surface area contributed by atoms with Crippen molar-refractivity contribution in [1.29, 1.82) is 0 Å². The van der Waals surface area contributed by atoms with Crippen molar-refractivity contribution >= 4 is 17.4 Å². The van der Waals surface area contributed by atoms with E-state index in [-0.39, 0.29) is 5.69 Å². The summed E-state index contributed by atoms with van der Waals surface area (Å²) < 4.78 is 0. The van der Waals surface area contributed by atoms with E-state index in [0.29, 0.717) is 11.5 Å². The Morgan fingerprint density at radius 1 is 1.50 bits per heavy atom. The van der Waals surface area contributed by atoms with E-state index < -0.39 is 5.91 Å². The Hall–Kier alpha value is -1.78. The SMILES string of the molecule is CCCCN(C)c1nc(C(N)=O)ccc1N. The van der Waals surface area contributed by atoms with Gasteiger partial charge in [0.25, 0.3) is 5.91 Å². The molecule has 1 aromatic heterocycles. The number of aromatic nitrogens is 1. The highest BCUT2D eigenvalue weighted by Crippen LogP contribution is 2.19.